The number of hydrogen-bond acceptors (Lipinski definition) is 4. The van der Waals surface area contributed by atoms with Gasteiger partial charge in [-0.05, 0) is 138 Å². The molecule has 6 nitrogen and oxygen atoms in total. The van der Waals surface area contributed by atoms with Gasteiger partial charge >= 0.3 is 0 Å². The minimum Gasteiger partial charge on any atom is -0.356 e. The molecule has 0 bridgehead atoms. The van der Waals surface area contributed by atoms with E-state index in [4.69, 9.17) is 11.6 Å². The Morgan fingerprint density at radius 2 is 1.67 bits per heavy atom. The van der Waals surface area contributed by atoms with Crippen LogP contribution in [-0.4, -0.2) is 61.3 Å². The third-order valence-corrected chi connectivity index (χ3v) is 13.5. The summed E-state index contributed by atoms with van der Waals surface area (Å²) in [5.41, 5.74) is 3.19. The van der Waals surface area contributed by atoms with Crippen molar-refractivity contribution in [2.45, 2.75) is 121 Å². The molecule has 1 amide bonds. The molecule has 2 aromatic rings. The molecule has 2 aromatic carbocycles. The largest absolute Gasteiger partial charge is 0.356 e. The van der Waals surface area contributed by atoms with Crippen molar-refractivity contribution in [3.8, 4) is 0 Å². The average Bonchev–Trinajstić information content (AvgIpc) is 3.58. The zero-order valence-corrected chi connectivity index (χ0v) is 29.3. The van der Waals surface area contributed by atoms with Crippen LogP contribution in [0.25, 0.3) is 0 Å². The minimum absolute atomic E-state index is 0.0310. The molecule has 1 saturated carbocycles. The SMILES string of the molecule is Cc1cc(S(=O)(=O)N2CCCCC2C(C)CC(=O)NCCCC2CCC(Cc3ccccc3)(N3CCCC3)CC2)c(C)cc1Cl. The highest BCUT2D eigenvalue weighted by Gasteiger charge is 2.41. The van der Waals surface area contributed by atoms with Crippen molar-refractivity contribution in [1.29, 1.82) is 0 Å². The summed E-state index contributed by atoms with van der Waals surface area (Å²) in [5.74, 6) is 0.701. The van der Waals surface area contributed by atoms with Gasteiger partial charge < -0.3 is 5.32 Å². The first kappa shape index (κ1) is 34.4. The molecule has 8 heteroatoms. The third kappa shape index (κ3) is 8.33. The summed E-state index contributed by atoms with van der Waals surface area (Å²) >= 11 is 6.26. The molecule has 0 radical (unpaired) electrons. The second-order valence-electron chi connectivity index (χ2n) is 14.2. The van der Waals surface area contributed by atoms with E-state index in [2.05, 4.69) is 40.5 Å². The van der Waals surface area contributed by atoms with Crippen molar-refractivity contribution in [2.75, 3.05) is 26.2 Å². The third-order valence-electron chi connectivity index (χ3n) is 11.0. The van der Waals surface area contributed by atoms with Crippen LogP contribution in [0.1, 0.15) is 101 Å². The second-order valence-corrected chi connectivity index (χ2v) is 16.5. The number of nitrogens with zero attached hydrogens (tertiary/aromatic N) is 2. The van der Waals surface area contributed by atoms with Crippen molar-refractivity contribution in [1.82, 2.24) is 14.5 Å². The predicted octanol–water partition coefficient (Wildman–Crippen LogP) is 7.69. The van der Waals surface area contributed by atoms with Crippen molar-refractivity contribution in [3.05, 3.63) is 64.2 Å². The molecule has 5 rings (SSSR count). The predicted molar refractivity (Wildman–Crippen MR) is 184 cm³/mol. The molecular weight excluding hydrogens is 602 g/mol. The molecule has 1 aliphatic carbocycles. The molecule has 3 aliphatic rings. The number of benzene rings is 2. The first-order chi connectivity index (χ1) is 21.6. The Labute approximate surface area is 277 Å². The lowest BCUT2D eigenvalue weighted by Gasteiger charge is -2.47. The fraction of sp³-hybridized carbons (Fsp3) is 0.649. The number of sulfonamides is 1. The van der Waals surface area contributed by atoms with E-state index in [0.29, 0.717) is 40.5 Å². The average molecular weight is 656 g/mol. The lowest BCUT2D eigenvalue weighted by atomic mass is 9.71. The maximum absolute atomic E-state index is 13.8. The number of carbonyl (C=O) groups excluding carboxylic acids is 1. The normalized spacial score (nSPS) is 25.7. The smallest absolute Gasteiger partial charge is 0.243 e. The number of amides is 1. The van der Waals surface area contributed by atoms with Crippen LogP contribution in [0.15, 0.2) is 47.4 Å². The Bertz CT molecular complexity index is 1390. The maximum Gasteiger partial charge on any atom is 0.243 e. The van der Waals surface area contributed by atoms with Gasteiger partial charge in [0.15, 0.2) is 0 Å². The van der Waals surface area contributed by atoms with Crippen LogP contribution in [0, 0.1) is 25.7 Å². The molecule has 248 valence electrons. The van der Waals surface area contributed by atoms with Crippen molar-refractivity contribution < 1.29 is 13.2 Å². The van der Waals surface area contributed by atoms with Crippen LogP contribution in [0.3, 0.4) is 0 Å². The number of halogens is 1. The summed E-state index contributed by atoms with van der Waals surface area (Å²) in [4.78, 5) is 16.1. The number of piperidine rings is 1. The number of nitrogens with one attached hydrogen (secondary N) is 1. The number of rotatable bonds is 12. The van der Waals surface area contributed by atoms with Gasteiger partial charge in [-0.3, -0.25) is 9.69 Å². The van der Waals surface area contributed by atoms with E-state index in [1.165, 1.54) is 57.2 Å². The van der Waals surface area contributed by atoms with E-state index < -0.39 is 10.0 Å². The minimum atomic E-state index is -3.69. The highest BCUT2D eigenvalue weighted by atomic mass is 35.5. The van der Waals surface area contributed by atoms with Crippen LogP contribution < -0.4 is 5.32 Å². The van der Waals surface area contributed by atoms with Gasteiger partial charge in [-0.2, -0.15) is 4.31 Å². The fourth-order valence-electron chi connectivity index (χ4n) is 8.35. The van der Waals surface area contributed by atoms with Gasteiger partial charge in [0.25, 0.3) is 0 Å². The zero-order chi connectivity index (χ0) is 32.0. The Kier molecular flexibility index (Phi) is 11.7. The molecule has 2 saturated heterocycles. The number of likely N-dealkylation sites (tertiary alicyclic amines) is 1. The lowest BCUT2D eigenvalue weighted by molar-refractivity contribution is -0.122. The summed E-state index contributed by atoms with van der Waals surface area (Å²) in [6.07, 6.45) is 14.0. The number of aryl methyl sites for hydroxylation is 2. The van der Waals surface area contributed by atoms with Crippen molar-refractivity contribution >= 4 is 27.5 Å². The summed E-state index contributed by atoms with van der Waals surface area (Å²) in [5, 5.41) is 3.74. The Hall–Kier alpha value is -1.93. The van der Waals surface area contributed by atoms with E-state index in [1.807, 2.05) is 13.8 Å². The Balaban J connectivity index is 1.09. The fourth-order valence-corrected chi connectivity index (χ4v) is 10.7. The van der Waals surface area contributed by atoms with Gasteiger partial charge in [0.1, 0.15) is 0 Å². The first-order valence-electron chi connectivity index (χ1n) is 17.4. The van der Waals surface area contributed by atoms with E-state index in [9.17, 15) is 13.2 Å². The summed E-state index contributed by atoms with van der Waals surface area (Å²) < 4.78 is 29.3. The highest BCUT2D eigenvalue weighted by molar-refractivity contribution is 7.89. The van der Waals surface area contributed by atoms with Crippen LogP contribution >= 0.6 is 11.6 Å². The molecule has 0 aromatic heterocycles. The molecule has 2 unspecified atom stereocenters. The molecule has 2 atom stereocenters. The molecule has 1 N–H and O–H groups in total. The van der Waals surface area contributed by atoms with E-state index in [1.54, 1.807) is 23.4 Å². The van der Waals surface area contributed by atoms with Crippen LogP contribution in [0.5, 0.6) is 0 Å². The molecule has 0 spiro atoms. The van der Waals surface area contributed by atoms with Crippen LogP contribution in [-0.2, 0) is 21.2 Å². The highest BCUT2D eigenvalue weighted by Crippen LogP contribution is 2.42. The molecule has 2 heterocycles. The Morgan fingerprint density at radius 1 is 0.978 bits per heavy atom. The van der Waals surface area contributed by atoms with Gasteiger partial charge in [0.05, 0.1) is 4.90 Å². The Morgan fingerprint density at radius 3 is 2.38 bits per heavy atom. The van der Waals surface area contributed by atoms with Gasteiger partial charge in [-0.1, -0.05) is 55.3 Å². The number of carbonyl (C=O) groups is 1. The quantitative estimate of drug-likeness (QED) is 0.238. The van der Waals surface area contributed by atoms with E-state index in [-0.39, 0.29) is 17.9 Å². The second kappa shape index (κ2) is 15.3. The molecule has 3 fully saturated rings. The van der Waals surface area contributed by atoms with E-state index >= 15 is 0 Å². The first-order valence-corrected chi connectivity index (χ1v) is 19.3. The van der Waals surface area contributed by atoms with Gasteiger partial charge in [-0.25, -0.2) is 8.42 Å². The summed E-state index contributed by atoms with van der Waals surface area (Å²) in [6.45, 7) is 9.34. The monoisotopic (exact) mass is 655 g/mol. The topological polar surface area (TPSA) is 69.7 Å². The summed E-state index contributed by atoms with van der Waals surface area (Å²) in [7, 11) is -3.69. The number of hydrogen-bond donors (Lipinski definition) is 1. The zero-order valence-electron chi connectivity index (χ0n) is 27.7. The van der Waals surface area contributed by atoms with Crippen molar-refractivity contribution in [3.63, 3.8) is 0 Å². The van der Waals surface area contributed by atoms with Gasteiger partial charge in [0, 0.05) is 36.1 Å². The van der Waals surface area contributed by atoms with Gasteiger partial charge in [-0.15, -0.1) is 0 Å². The standard InChI is InChI=1S/C37H54ClN3O3S/c1-28-25-35(30(3)24-33(28)38)45(43,44)41-23-8-7-15-34(41)29(2)26-36(42)39-20-11-14-31-16-18-37(19-17-31,40-21-9-10-22-40)27-32-12-5-4-6-13-32/h4-6,12-13,24-25,29,31,34H,7-11,14-23,26-27H2,1-3H3,(H,39,42). The maximum atomic E-state index is 13.8. The van der Waals surface area contributed by atoms with Crippen molar-refractivity contribution in [2.24, 2.45) is 11.8 Å². The molecule has 45 heavy (non-hydrogen) atoms. The molecule has 2 aliphatic heterocycles. The summed E-state index contributed by atoms with van der Waals surface area (Å²) in [6, 6.07) is 14.3. The molecular formula is C37H54ClN3O3S. The van der Waals surface area contributed by atoms with Crippen LogP contribution in [0.4, 0.5) is 0 Å². The van der Waals surface area contributed by atoms with Gasteiger partial charge in [0.2, 0.25) is 15.9 Å². The lowest BCUT2D eigenvalue weighted by Crippen LogP contribution is -2.51. The van der Waals surface area contributed by atoms with Crippen LogP contribution in [0.2, 0.25) is 5.02 Å². The van der Waals surface area contributed by atoms with E-state index in [0.717, 1.165) is 50.0 Å².